The molecule has 5 heteroatoms. The molecule has 0 heterocycles. The quantitative estimate of drug-likeness (QED) is 0.747. The van der Waals surface area contributed by atoms with Crippen LogP contribution in [0.3, 0.4) is 0 Å². The number of nitrogens with one attached hydrogen (secondary N) is 3. The first-order valence-electron chi connectivity index (χ1n) is 6.75. The average Bonchev–Trinajstić information content (AvgIpc) is 2.35. The fourth-order valence-corrected chi connectivity index (χ4v) is 1.60. The van der Waals surface area contributed by atoms with Crippen LogP contribution in [0.2, 0.25) is 0 Å². The molecule has 20 heavy (non-hydrogen) atoms. The van der Waals surface area contributed by atoms with Gasteiger partial charge in [-0.05, 0) is 38.5 Å². The molecule has 110 valence electrons. The van der Waals surface area contributed by atoms with E-state index in [9.17, 15) is 9.59 Å². The lowest BCUT2D eigenvalue weighted by molar-refractivity contribution is -0.121. The molecule has 0 unspecified atom stereocenters. The van der Waals surface area contributed by atoms with Gasteiger partial charge in [0, 0.05) is 23.8 Å². The third-order valence-electron chi connectivity index (χ3n) is 3.00. The fourth-order valence-electron chi connectivity index (χ4n) is 1.60. The van der Waals surface area contributed by atoms with E-state index in [2.05, 4.69) is 16.0 Å². The van der Waals surface area contributed by atoms with Gasteiger partial charge in [-0.15, -0.1) is 0 Å². The van der Waals surface area contributed by atoms with Crippen LogP contribution < -0.4 is 16.0 Å². The minimum Gasteiger partial charge on any atom is -0.376 e. The van der Waals surface area contributed by atoms with Crippen LogP contribution in [0.25, 0.3) is 0 Å². The zero-order chi connectivity index (χ0) is 15.2. The van der Waals surface area contributed by atoms with Gasteiger partial charge in [0.15, 0.2) is 0 Å². The maximum atomic E-state index is 11.8. The molecule has 2 amide bonds. The van der Waals surface area contributed by atoms with Gasteiger partial charge in [-0.25, -0.2) is 0 Å². The Morgan fingerprint density at radius 1 is 1.20 bits per heavy atom. The van der Waals surface area contributed by atoms with Crippen molar-refractivity contribution in [2.45, 2.75) is 39.7 Å². The summed E-state index contributed by atoms with van der Waals surface area (Å²) in [6.07, 6.45) is 0.872. The van der Waals surface area contributed by atoms with E-state index >= 15 is 0 Å². The van der Waals surface area contributed by atoms with Crippen LogP contribution in [0.15, 0.2) is 24.3 Å². The SMILES string of the molecule is CCC(C)(C)NC(=O)CNc1cccc(NC(C)=O)c1. The normalized spacial score (nSPS) is 10.8. The Labute approximate surface area is 120 Å². The number of carbonyl (C=O) groups excluding carboxylic acids is 2. The van der Waals surface area contributed by atoms with Gasteiger partial charge in [-0.1, -0.05) is 13.0 Å². The largest absolute Gasteiger partial charge is 0.376 e. The first kappa shape index (κ1) is 16.0. The summed E-state index contributed by atoms with van der Waals surface area (Å²) < 4.78 is 0. The summed E-state index contributed by atoms with van der Waals surface area (Å²) in [4.78, 5) is 22.8. The average molecular weight is 277 g/mol. The van der Waals surface area contributed by atoms with Crippen molar-refractivity contribution in [2.75, 3.05) is 17.2 Å². The van der Waals surface area contributed by atoms with Crippen LogP contribution in [-0.2, 0) is 9.59 Å². The lowest BCUT2D eigenvalue weighted by Gasteiger charge is -2.24. The van der Waals surface area contributed by atoms with Crippen molar-refractivity contribution < 1.29 is 9.59 Å². The Morgan fingerprint density at radius 3 is 2.45 bits per heavy atom. The van der Waals surface area contributed by atoms with Crippen LogP contribution in [0.5, 0.6) is 0 Å². The Bertz CT molecular complexity index is 484. The molecule has 0 atom stereocenters. The van der Waals surface area contributed by atoms with Crippen molar-refractivity contribution in [3.63, 3.8) is 0 Å². The Hall–Kier alpha value is -2.04. The molecule has 3 N–H and O–H groups in total. The Kier molecular flexibility index (Phi) is 5.55. The molecule has 0 radical (unpaired) electrons. The standard InChI is InChI=1S/C15H23N3O2/c1-5-15(3,4)18-14(20)10-16-12-7-6-8-13(9-12)17-11(2)19/h6-9,16H,5,10H2,1-4H3,(H,17,19)(H,18,20). The van der Waals surface area contributed by atoms with Crippen LogP contribution in [-0.4, -0.2) is 23.9 Å². The number of rotatable bonds is 6. The summed E-state index contributed by atoms with van der Waals surface area (Å²) in [5, 5.41) is 8.69. The summed E-state index contributed by atoms with van der Waals surface area (Å²) >= 11 is 0. The maximum Gasteiger partial charge on any atom is 0.239 e. The monoisotopic (exact) mass is 277 g/mol. The van der Waals surface area contributed by atoms with E-state index in [1.165, 1.54) is 6.92 Å². The zero-order valence-corrected chi connectivity index (χ0v) is 12.5. The highest BCUT2D eigenvalue weighted by Crippen LogP contribution is 2.14. The van der Waals surface area contributed by atoms with E-state index < -0.39 is 0 Å². The van der Waals surface area contributed by atoms with Gasteiger partial charge in [-0.2, -0.15) is 0 Å². The fraction of sp³-hybridized carbons (Fsp3) is 0.467. The third kappa shape index (κ3) is 5.73. The molecule has 0 fully saturated rings. The number of anilines is 2. The van der Waals surface area contributed by atoms with Crippen LogP contribution in [0.1, 0.15) is 34.1 Å². The minimum absolute atomic E-state index is 0.0539. The summed E-state index contributed by atoms with van der Waals surface area (Å²) in [5.41, 5.74) is 1.30. The molecule has 0 aliphatic carbocycles. The maximum absolute atomic E-state index is 11.8. The second-order valence-electron chi connectivity index (χ2n) is 5.40. The number of hydrogen-bond donors (Lipinski definition) is 3. The van der Waals surface area contributed by atoms with Gasteiger partial charge in [-0.3, -0.25) is 9.59 Å². The second kappa shape index (κ2) is 6.93. The summed E-state index contributed by atoms with van der Waals surface area (Å²) in [6.45, 7) is 7.67. The number of carbonyl (C=O) groups is 2. The lowest BCUT2D eigenvalue weighted by Crippen LogP contribution is -2.45. The Morgan fingerprint density at radius 2 is 1.85 bits per heavy atom. The molecule has 0 bridgehead atoms. The predicted molar refractivity (Wildman–Crippen MR) is 81.7 cm³/mol. The van der Waals surface area contributed by atoms with Crippen LogP contribution in [0.4, 0.5) is 11.4 Å². The number of hydrogen-bond acceptors (Lipinski definition) is 3. The van der Waals surface area contributed by atoms with Crippen molar-refractivity contribution in [1.82, 2.24) is 5.32 Å². The summed E-state index contributed by atoms with van der Waals surface area (Å²) in [5.74, 6) is -0.175. The molecule has 1 rings (SSSR count). The van der Waals surface area contributed by atoms with E-state index in [1.54, 1.807) is 12.1 Å². The van der Waals surface area contributed by atoms with E-state index in [4.69, 9.17) is 0 Å². The van der Waals surface area contributed by atoms with Crippen molar-refractivity contribution in [1.29, 1.82) is 0 Å². The third-order valence-corrected chi connectivity index (χ3v) is 3.00. The van der Waals surface area contributed by atoms with Gasteiger partial charge in [0.25, 0.3) is 0 Å². The molecule has 0 aliphatic rings. The van der Waals surface area contributed by atoms with E-state index in [0.717, 1.165) is 12.1 Å². The Balaban J connectivity index is 2.53. The molecule has 0 aromatic heterocycles. The number of amides is 2. The predicted octanol–water partition coefficient (Wildman–Crippen LogP) is 2.36. The van der Waals surface area contributed by atoms with Crippen LogP contribution in [0, 0.1) is 0 Å². The summed E-state index contributed by atoms with van der Waals surface area (Å²) in [7, 11) is 0. The van der Waals surface area contributed by atoms with Gasteiger partial charge in [0.1, 0.15) is 0 Å². The smallest absolute Gasteiger partial charge is 0.239 e. The van der Waals surface area contributed by atoms with E-state index in [-0.39, 0.29) is 23.9 Å². The molecule has 5 nitrogen and oxygen atoms in total. The van der Waals surface area contributed by atoms with Crippen LogP contribution >= 0.6 is 0 Å². The molecule has 0 saturated heterocycles. The minimum atomic E-state index is -0.198. The van der Waals surface area contributed by atoms with Crippen molar-refractivity contribution in [3.05, 3.63) is 24.3 Å². The van der Waals surface area contributed by atoms with E-state index in [1.807, 2.05) is 32.9 Å². The molecule has 0 aliphatic heterocycles. The highest BCUT2D eigenvalue weighted by Gasteiger charge is 2.17. The highest BCUT2D eigenvalue weighted by molar-refractivity contribution is 5.89. The topological polar surface area (TPSA) is 70.2 Å². The molecular formula is C15H23N3O2. The molecule has 0 saturated carbocycles. The molecule has 1 aromatic carbocycles. The molecule has 0 spiro atoms. The highest BCUT2D eigenvalue weighted by atomic mass is 16.2. The van der Waals surface area contributed by atoms with Gasteiger partial charge in [0.05, 0.1) is 6.54 Å². The zero-order valence-electron chi connectivity index (χ0n) is 12.5. The molecular weight excluding hydrogens is 254 g/mol. The first-order valence-corrected chi connectivity index (χ1v) is 6.75. The van der Waals surface area contributed by atoms with Gasteiger partial charge < -0.3 is 16.0 Å². The lowest BCUT2D eigenvalue weighted by atomic mass is 10.0. The van der Waals surface area contributed by atoms with Crippen molar-refractivity contribution in [2.24, 2.45) is 0 Å². The van der Waals surface area contributed by atoms with Crippen molar-refractivity contribution in [3.8, 4) is 0 Å². The molecule has 1 aromatic rings. The first-order chi connectivity index (χ1) is 9.32. The second-order valence-corrected chi connectivity index (χ2v) is 5.40. The van der Waals surface area contributed by atoms with Gasteiger partial charge >= 0.3 is 0 Å². The summed E-state index contributed by atoms with van der Waals surface area (Å²) in [6, 6.07) is 7.26. The van der Waals surface area contributed by atoms with Crippen molar-refractivity contribution >= 4 is 23.2 Å². The van der Waals surface area contributed by atoms with E-state index in [0.29, 0.717) is 5.69 Å². The van der Waals surface area contributed by atoms with Gasteiger partial charge in [0.2, 0.25) is 11.8 Å². The number of benzene rings is 1.